The molecule has 1 aliphatic carbocycles. The van der Waals surface area contributed by atoms with E-state index in [4.69, 9.17) is 4.74 Å². The van der Waals surface area contributed by atoms with Gasteiger partial charge in [0.2, 0.25) is 0 Å². The molecule has 0 aromatic heterocycles. The van der Waals surface area contributed by atoms with Crippen LogP contribution < -0.4 is 0 Å². The maximum absolute atomic E-state index is 12.2. The molecule has 1 saturated heterocycles. The zero-order chi connectivity index (χ0) is 13.4. The molecule has 4 nitrogen and oxygen atoms in total. The SMILES string of the molecule is CC(C)(C)OC(=O)N1CCC[C@H]1C1(O)CCCC1. The van der Waals surface area contributed by atoms with Crippen molar-refractivity contribution in [3.63, 3.8) is 0 Å². The summed E-state index contributed by atoms with van der Waals surface area (Å²) in [6, 6.07) is -0.0464. The molecule has 0 bridgehead atoms. The predicted octanol–water partition coefficient (Wildman–Crippen LogP) is 2.69. The van der Waals surface area contributed by atoms with Crippen LogP contribution in [0.5, 0.6) is 0 Å². The van der Waals surface area contributed by atoms with Crippen molar-refractivity contribution in [1.29, 1.82) is 0 Å². The summed E-state index contributed by atoms with van der Waals surface area (Å²) in [6.07, 6.45) is 5.35. The number of hydrogen-bond acceptors (Lipinski definition) is 3. The summed E-state index contributed by atoms with van der Waals surface area (Å²) in [6.45, 7) is 6.34. The molecule has 0 aromatic carbocycles. The predicted molar refractivity (Wildman–Crippen MR) is 69.4 cm³/mol. The molecule has 1 N–H and O–H groups in total. The number of carbonyl (C=O) groups is 1. The van der Waals surface area contributed by atoms with Crippen molar-refractivity contribution in [2.75, 3.05) is 6.54 Å². The lowest BCUT2D eigenvalue weighted by Crippen LogP contribution is -2.51. The number of nitrogens with zero attached hydrogens (tertiary/aromatic N) is 1. The number of carbonyl (C=O) groups excluding carboxylic acids is 1. The van der Waals surface area contributed by atoms with E-state index < -0.39 is 11.2 Å². The number of ether oxygens (including phenoxy) is 1. The van der Waals surface area contributed by atoms with Crippen LogP contribution in [-0.4, -0.2) is 39.9 Å². The Labute approximate surface area is 109 Å². The fourth-order valence-electron chi connectivity index (χ4n) is 3.18. The highest BCUT2D eigenvalue weighted by molar-refractivity contribution is 5.69. The minimum atomic E-state index is -0.673. The number of rotatable bonds is 1. The fraction of sp³-hybridized carbons (Fsp3) is 0.929. The van der Waals surface area contributed by atoms with Gasteiger partial charge in [-0.25, -0.2) is 4.79 Å². The Morgan fingerprint density at radius 3 is 2.44 bits per heavy atom. The third kappa shape index (κ3) is 2.79. The highest BCUT2D eigenvalue weighted by atomic mass is 16.6. The first-order chi connectivity index (χ1) is 8.32. The van der Waals surface area contributed by atoms with Crippen LogP contribution in [-0.2, 0) is 4.74 Å². The first-order valence-corrected chi connectivity index (χ1v) is 7.04. The Kier molecular flexibility index (Phi) is 3.58. The van der Waals surface area contributed by atoms with Gasteiger partial charge in [0.05, 0.1) is 11.6 Å². The summed E-state index contributed by atoms with van der Waals surface area (Å²) in [7, 11) is 0. The molecule has 0 aromatic rings. The molecule has 0 radical (unpaired) electrons. The number of likely N-dealkylation sites (tertiary alicyclic amines) is 1. The van der Waals surface area contributed by atoms with Gasteiger partial charge in [0, 0.05) is 6.54 Å². The molecule has 1 amide bonds. The highest BCUT2D eigenvalue weighted by Gasteiger charge is 2.46. The maximum atomic E-state index is 12.2. The number of hydrogen-bond donors (Lipinski definition) is 1. The van der Waals surface area contributed by atoms with Crippen molar-refractivity contribution >= 4 is 6.09 Å². The summed E-state index contributed by atoms with van der Waals surface area (Å²) in [5.74, 6) is 0. The van der Waals surface area contributed by atoms with E-state index in [2.05, 4.69) is 0 Å². The van der Waals surface area contributed by atoms with Crippen LogP contribution in [0.3, 0.4) is 0 Å². The molecule has 18 heavy (non-hydrogen) atoms. The van der Waals surface area contributed by atoms with Crippen molar-refractivity contribution in [1.82, 2.24) is 4.90 Å². The van der Waals surface area contributed by atoms with E-state index in [1.54, 1.807) is 4.90 Å². The van der Waals surface area contributed by atoms with Gasteiger partial charge in [-0.3, -0.25) is 0 Å². The summed E-state index contributed by atoms with van der Waals surface area (Å²) >= 11 is 0. The summed E-state index contributed by atoms with van der Waals surface area (Å²) in [5.41, 5.74) is -1.14. The van der Waals surface area contributed by atoms with E-state index in [0.29, 0.717) is 6.54 Å². The van der Waals surface area contributed by atoms with Crippen LogP contribution in [0, 0.1) is 0 Å². The molecule has 4 heteroatoms. The van der Waals surface area contributed by atoms with Gasteiger partial charge >= 0.3 is 6.09 Å². The second-order valence-electron chi connectivity index (χ2n) is 6.64. The Morgan fingerprint density at radius 1 is 1.28 bits per heavy atom. The molecule has 0 spiro atoms. The minimum absolute atomic E-state index is 0.0464. The maximum Gasteiger partial charge on any atom is 0.410 e. The van der Waals surface area contributed by atoms with E-state index in [1.807, 2.05) is 20.8 Å². The molecule has 2 fully saturated rings. The Bertz CT molecular complexity index is 315. The van der Waals surface area contributed by atoms with Gasteiger partial charge in [0.1, 0.15) is 5.60 Å². The van der Waals surface area contributed by atoms with Gasteiger partial charge in [0.25, 0.3) is 0 Å². The van der Waals surface area contributed by atoms with Crippen molar-refractivity contribution in [2.45, 2.75) is 76.5 Å². The summed E-state index contributed by atoms with van der Waals surface area (Å²) < 4.78 is 5.43. The van der Waals surface area contributed by atoms with Crippen LogP contribution in [0.1, 0.15) is 59.3 Å². The van der Waals surface area contributed by atoms with Crippen LogP contribution in [0.2, 0.25) is 0 Å². The van der Waals surface area contributed by atoms with Gasteiger partial charge in [-0.2, -0.15) is 0 Å². The fourth-order valence-corrected chi connectivity index (χ4v) is 3.18. The molecule has 104 valence electrons. The monoisotopic (exact) mass is 255 g/mol. The third-order valence-electron chi connectivity index (χ3n) is 3.97. The largest absolute Gasteiger partial charge is 0.444 e. The van der Waals surface area contributed by atoms with Crippen molar-refractivity contribution < 1.29 is 14.6 Å². The van der Waals surface area contributed by atoms with Crippen LogP contribution >= 0.6 is 0 Å². The standard InChI is InChI=1S/C14H25NO3/c1-13(2,3)18-12(16)15-10-6-7-11(15)14(17)8-4-5-9-14/h11,17H,4-10H2,1-3H3/t11-/m0/s1. The highest BCUT2D eigenvalue weighted by Crippen LogP contribution is 2.39. The van der Waals surface area contributed by atoms with E-state index >= 15 is 0 Å². The van der Waals surface area contributed by atoms with Gasteiger partial charge < -0.3 is 14.7 Å². The normalized spacial score (nSPS) is 27.6. The Balaban J connectivity index is 2.05. The topological polar surface area (TPSA) is 49.8 Å². The average Bonchev–Trinajstić information content (AvgIpc) is 2.82. The quantitative estimate of drug-likeness (QED) is 0.783. The first kappa shape index (κ1) is 13.7. The number of amides is 1. The van der Waals surface area contributed by atoms with Crippen molar-refractivity contribution in [3.8, 4) is 0 Å². The van der Waals surface area contributed by atoms with Gasteiger partial charge in [-0.1, -0.05) is 12.8 Å². The van der Waals surface area contributed by atoms with E-state index in [1.165, 1.54) is 0 Å². The first-order valence-electron chi connectivity index (χ1n) is 7.04. The van der Waals surface area contributed by atoms with E-state index in [9.17, 15) is 9.90 Å². The van der Waals surface area contributed by atoms with Crippen LogP contribution in [0.25, 0.3) is 0 Å². The lowest BCUT2D eigenvalue weighted by atomic mass is 9.90. The van der Waals surface area contributed by atoms with Gasteiger partial charge in [-0.05, 0) is 46.5 Å². The summed E-state index contributed by atoms with van der Waals surface area (Å²) in [5, 5.41) is 10.7. The smallest absolute Gasteiger partial charge is 0.410 e. The molecule has 1 aliphatic heterocycles. The molecule has 2 rings (SSSR count). The molecule has 1 atom stereocenters. The molecule has 1 saturated carbocycles. The molecule has 2 aliphatic rings. The lowest BCUT2D eigenvalue weighted by Gasteiger charge is -2.37. The molecule has 1 heterocycles. The zero-order valence-corrected chi connectivity index (χ0v) is 11.7. The van der Waals surface area contributed by atoms with E-state index in [0.717, 1.165) is 38.5 Å². The van der Waals surface area contributed by atoms with Gasteiger partial charge in [0.15, 0.2) is 0 Å². The third-order valence-corrected chi connectivity index (χ3v) is 3.97. The van der Waals surface area contributed by atoms with Crippen molar-refractivity contribution in [2.24, 2.45) is 0 Å². The Morgan fingerprint density at radius 2 is 1.89 bits per heavy atom. The second kappa shape index (κ2) is 4.72. The minimum Gasteiger partial charge on any atom is -0.444 e. The lowest BCUT2D eigenvalue weighted by molar-refractivity contribution is -0.0400. The molecular weight excluding hydrogens is 230 g/mol. The molecular formula is C14H25NO3. The van der Waals surface area contributed by atoms with Gasteiger partial charge in [-0.15, -0.1) is 0 Å². The average molecular weight is 255 g/mol. The van der Waals surface area contributed by atoms with E-state index in [-0.39, 0.29) is 12.1 Å². The summed E-state index contributed by atoms with van der Waals surface area (Å²) in [4.78, 5) is 13.9. The second-order valence-corrected chi connectivity index (χ2v) is 6.64. The van der Waals surface area contributed by atoms with Crippen LogP contribution in [0.4, 0.5) is 4.79 Å². The van der Waals surface area contributed by atoms with Crippen molar-refractivity contribution in [3.05, 3.63) is 0 Å². The van der Waals surface area contributed by atoms with Crippen LogP contribution in [0.15, 0.2) is 0 Å². The number of aliphatic hydroxyl groups is 1. The Hall–Kier alpha value is -0.770. The molecule has 0 unspecified atom stereocenters. The zero-order valence-electron chi connectivity index (χ0n) is 11.7.